The van der Waals surface area contributed by atoms with Crippen molar-refractivity contribution in [2.75, 3.05) is 17.2 Å². The number of rotatable bonds is 6. The quantitative estimate of drug-likeness (QED) is 0.713. The number of thiophene rings is 1. The summed E-state index contributed by atoms with van der Waals surface area (Å²) >= 11 is 1.26. The van der Waals surface area contributed by atoms with Gasteiger partial charge in [0.05, 0.1) is 11.3 Å². The van der Waals surface area contributed by atoms with Crippen LogP contribution in [0.5, 0.6) is 0 Å². The van der Waals surface area contributed by atoms with Crippen molar-refractivity contribution < 1.29 is 27.9 Å². The molecule has 28 heavy (non-hydrogen) atoms. The van der Waals surface area contributed by atoms with Gasteiger partial charge < -0.3 is 15.4 Å². The van der Waals surface area contributed by atoms with Crippen LogP contribution in [0.3, 0.4) is 0 Å². The lowest BCUT2D eigenvalue weighted by Crippen LogP contribution is -2.22. The third-order valence-electron chi connectivity index (χ3n) is 4.31. The number of nitrogens with one attached hydrogen (secondary N) is 2. The monoisotopic (exact) mass is 408 g/mol. The largest absolute Gasteiger partial charge is 0.452 e. The number of carbonyl (C=O) groups excluding carboxylic acids is 3. The first-order chi connectivity index (χ1) is 13.3. The SMILES string of the molecule is Cc1sc(NC(=O)C2CC2)c(C(=O)OCC(=O)Nc2ccc(F)cc2F)c1C. The van der Waals surface area contributed by atoms with Crippen LogP contribution in [0.15, 0.2) is 18.2 Å². The Bertz CT molecular complexity index is 954. The molecule has 9 heteroatoms. The van der Waals surface area contributed by atoms with E-state index in [2.05, 4.69) is 10.6 Å². The molecule has 1 saturated carbocycles. The van der Waals surface area contributed by atoms with Crippen molar-refractivity contribution in [2.24, 2.45) is 5.92 Å². The fraction of sp³-hybridized carbons (Fsp3) is 0.316. The second-order valence-electron chi connectivity index (χ2n) is 6.50. The molecular formula is C19H18F2N2O4S. The van der Waals surface area contributed by atoms with Crippen molar-refractivity contribution in [3.8, 4) is 0 Å². The Hall–Kier alpha value is -2.81. The van der Waals surface area contributed by atoms with E-state index < -0.39 is 30.1 Å². The molecule has 0 bridgehead atoms. The molecule has 0 radical (unpaired) electrons. The summed E-state index contributed by atoms with van der Waals surface area (Å²) in [6.07, 6.45) is 1.66. The van der Waals surface area contributed by atoms with Crippen LogP contribution >= 0.6 is 11.3 Å². The van der Waals surface area contributed by atoms with Gasteiger partial charge >= 0.3 is 5.97 Å². The Morgan fingerprint density at radius 1 is 1.18 bits per heavy atom. The number of amides is 2. The van der Waals surface area contributed by atoms with Gasteiger partial charge in [-0.05, 0) is 44.4 Å². The third-order valence-corrected chi connectivity index (χ3v) is 5.44. The van der Waals surface area contributed by atoms with E-state index in [1.54, 1.807) is 6.92 Å². The number of benzene rings is 1. The Balaban J connectivity index is 1.64. The number of carbonyl (C=O) groups is 3. The van der Waals surface area contributed by atoms with Gasteiger partial charge in [0, 0.05) is 16.9 Å². The molecule has 1 fully saturated rings. The summed E-state index contributed by atoms with van der Waals surface area (Å²) in [5.41, 5.74) is 0.644. The molecule has 0 saturated heterocycles. The molecule has 1 aromatic heterocycles. The summed E-state index contributed by atoms with van der Waals surface area (Å²) in [5.74, 6) is -3.41. The van der Waals surface area contributed by atoms with Crippen LogP contribution in [0.2, 0.25) is 0 Å². The molecule has 0 atom stereocenters. The minimum atomic E-state index is -0.936. The van der Waals surface area contributed by atoms with E-state index in [0.717, 1.165) is 29.9 Å². The van der Waals surface area contributed by atoms with Crippen molar-refractivity contribution in [1.82, 2.24) is 0 Å². The molecule has 2 N–H and O–H groups in total. The molecular weight excluding hydrogens is 390 g/mol. The summed E-state index contributed by atoms with van der Waals surface area (Å²) in [5, 5.41) is 5.35. The minimum Gasteiger partial charge on any atom is -0.452 e. The fourth-order valence-electron chi connectivity index (χ4n) is 2.50. The maximum Gasteiger partial charge on any atom is 0.341 e. The van der Waals surface area contributed by atoms with Crippen molar-refractivity contribution in [3.63, 3.8) is 0 Å². The summed E-state index contributed by atoms with van der Waals surface area (Å²) in [6, 6.07) is 2.70. The zero-order valence-corrected chi connectivity index (χ0v) is 16.0. The number of halogens is 2. The molecule has 2 amide bonds. The lowest BCUT2D eigenvalue weighted by atomic mass is 10.1. The van der Waals surface area contributed by atoms with Gasteiger partial charge in [-0.25, -0.2) is 13.6 Å². The summed E-state index contributed by atoms with van der Waals surface area (Å²) in [6.45, 7) is 2.89. The molecule has 6 nitrogen and oxygen atoms in total. The highest BCUT2D eigenvalue weighted by atomic mass is 32.1. The van der Waals surface area contributed by atoms with Gasteiger partial charge in [0.25, 0.3) is 5.91 Å². The smallest absolute Gasteiger partial charge is 0.341 e. The van der Waals surface area contributed by atoms with E-state index in [9.17, 15) is 23.2 Å². The van der Waals surface area contributed by atoms with E-state index in [4.69, 9.17) is 4.74 Å². The highest BCUT2D eigenvalue weighted by Gasteiger charge is 2.31. The van der Waals surface area contributed by atoms with E-state index >= 15 is 0 Å². The maximum atomic E-state index is 13.6. The molecule has 0 unspecified atom stereocenters. The van der Waals surface area contributed by atoms with Crippen LogP contribution in [-0.4, -0.2) is 24.4 Å². The molecule has 3 rings (SSSR count). The molecule has 0 spiro atoms. The molecule has 1 aromatic carbocycles. The van der Waals surface area contributed by atoms with Crippen LogP contribution in [0.1, 0.15) is 33.6 Å². The number of esters is 1. The Morgan fingerprint density at radius 3 is 2.54 bits per heavy atom. The molecule has 0 aliphatic heterocycles. The number of hydrogen-bond acceptors (Lipinski definition) is 5. The van der Waals surface area contributed by atoms with Crippen molar-refractivity contribution in [2.45, 2.75) is 26.7 Å². The zero-order valence-electron chi connectivity index (χ0n) is 15.2. The predicted molar refractivity (Wildman–Crippen MR) is 100 cm³/mol. The molecule has 1 aliphatic carbocycles. The van der Waals surface area contributed by atoms with Gasteiger partial charge in [0.2, 0.25) is 5.91 Å². The summed E-state index contributed by atoms with van der Waals surface area (Å²) in [4.78, 5) is 37.2. The van der Waals surface area contributed by atoms with E-state index in [1.165, 1.54) is 11.3 Å². The maximum absolute atomic E-state index is 13.6. The van der Waals surface area contributed by atoms with E-state index in [-0.39, 0.29) is 23.1 Å². The second kappa shape index (κ2) is 8.05. The molecule has 2 aromatic rings. The van der Waals surface area contributed by atoms with Crippen molar-refractivity contribution in [1.29, 1.82) is 0 Å². The first-order valence-electron chi connectivity index (χ1n) is 8.59. The Morgan fingerprint density at radius 2 is 1.89 bits per heavy atom. The van der Waals surface area contributed by atoms with E-state index in [1.807, 2.05) is 6.92 Å². The summed E-state index contributed by atoms with van der Waals surface area (Å²) in [7, 11) is 0. The van der Waals surface area contributed by atoms with Crippen molar-refractivity contribution in [3.05, 3.63) is 45.8 Å². The number of hydrogen-bond donors (Lipinski definition) is 2. The topological polar surface area (TPSA) is 84.5 Å². The number of aryl methyl sites for hydroxylation is 1. The molecule has 148 valence electrons. The zero-order chi connectivity index (χ0) is 20.4. The number of anilines is 2. The normalized spacial score (nSPS) is 13.1. The van der Waals surface area contributed by atoms with Gasteiger partial charge in [-0.3, -0.25) is 9.59 Å². The van der Waals surface area contributed by atoms with Crippen LogP contribution < -0.4 is 10.6 Å². The molecule has 1 aliphatic rings. The van der Waals surface area contributed by atoms with Gasteiger partial charge in [-0.15, -0.1) is 11.3 Å². The lowest BCUT2D eigenvalue weighted by Gasteiger charge is -2.09. The predicted octanol–water partition coefficient (Wildman–Crippen LogP) is 3.79. The lowest BCUT2D eigenvalue weighted by molar-refractivity contribution is -0.119. The summed E-state index contributed by atoms with van der Waals surface area (Å²) < 4.78 is 31.5. The Kier molecular flexibility index (Phi) is 5.73. The highest BCUT2D eigenvalue weighted by Crippen LogP contribution is 2.36. The van der Waals surface area contributed by atoms with Crippen LogP contribution in [-0.2, 0) is 14.3 Å². The standard InChI is InChI=1S/C19H18F2N2O4S/c1-9-10(2)28-18(23-17(25)11-3-4-11)16(9)19(26)27-8-15(24)22-14-6-5-12(20)7-13(14)21/h5-7,11H,3-4,8H2,1-2H3,(H,22,24)(H,23,25). The van der Waals surface area contributed by atoms with Gasteiger partial charge in [0.1, 0.15) is 16.6 Å². The van der Waals surface area contributed by atoms with Gasteiger partial charge in [-0.1, -0.05) is 0 Å². The average molecular weight is 408 g/mol. The van der Waals surface area contributed by atoms with Crippen LogP contribution in [0, 0.1) is 31.4 Å². The van der Waals surface area contributed by atoms with E-state index in [0.29, 0.717) is 16.6 Å². The first-order valence-corrected chi connectivity index (χ1v) is 9.40. The minimum absolute atomic E-state index is 0.0250. The molecule has 1 heterocycles. The fourth-order valence-corrected chi connectivity index (χ4v) is 3.55. The second-order valence-corrected chi connectivity index (χ2v) is 7.72. The first kappa shape index (κ1) is 19.9. The highest BCUT2D eigenvalue weighted by molar-refractivity contribution is 7.16. The third kappa shape index (κ3) is 4.53. The Labute approximate surface area is 163 Å². The van der Waals surface area contributed by atoms with Crippen LogP contribution in [0.4, 0.5) is 19.5 Å². The van der Waals surface area contributed by atoms with Crippen molar-refractivity contribution >= 4 is 39.8 Å². The van der Waals surface area contributed by atoms with Crippen LogP contribution in [0.25, 0.3) is 0 Å². The average Bonchev–Trinajstić information content (AvgIpc) is 3.43. The van der Waals surface area contributed by atoms with Gasteiger partial charge in [-0.2, -0.15) is 0 Å². The number of ether oxygens (including phenoxy) is 1. The van der Waals surface area contributed by atoms with Gasteiger partial charge in [0.15, 0.2) is 6.61 Å².